The molecule has 160 valence electrons. The van der Waals surface area contributed by atoms with Gasteiger partial charge in [-0.3, -0.25) is 0 Å². The van der Waals surface area contributed by atoms with Crippen LogP contribution in [-0.2, 0) is 17.3 Å². The molecule has 0 spiro atoms. The molecule has 0 radical (unpaired) electrons. The van der Waals surface area contributed by atoms with E-state index in [1.54, 1.807) is 0 Å². The predicted molar refractivity (Wildman–Crippen MR) is 126 cm³/mol. The molecule has 1 nitrogen and oxygen atoms in total. The minimum absolute atomic E-state index is 0.0534. The number of phenolic OH excluding ortho intramolecular Hbond substituents is 1. The van der Waals surface area contributed by atoms with Crippen LogP contribution in [0.15, 0.2) is 11.0 Å². The zero-order valence-corrected chi connectivity index (χ0v) is 20.9. The fraction of sp³-hybridized carbons (Fsp3) is 0.769. The van der Waals surface area contributed by atoms with E-state index in [2.05, 4.69) is 87.1 Å². The van der Waals surface area contributed by atoms with Crippen LogP contribution in [0.5, 0.6) is 5.75 Å². The molecule has 2 rings (SSSR count). The molecule has 0 amide bonds. The van der Waals surface area contributed by atoms with Crippen LogP contribution in [0.4, 0.5) is 0 Å². The number of thioether (sulfide) groups is 1. The van der Waals surface area contributed by atoms with E-state index in [4.69, 9.17) is 0 Å². The molecule has 2 heteroatoms. The van der Waals surface area contributed by atoms with Crippen molar-refractivity contribution < 1.29 is 5.11 Å². The van der Waals surface area contributed by atoms with E-state index in [9.17, 15) is 5.11 Å². The van der Waals surface area contributed by atoms with Gasteiger partial charge in [-0.1, -0.05) is 69.2 Å². The van der Waals surface area contributed by atoms with Crippen molar-refractivity contribution in [2.45, 2.75) is 122 Å². The molecule has 0 bridgehead atoms. The number of hydrogen-bond donors (Lipinski definition) is 1. The van der Waals surface area contributed by atoms with Crippen molar-refractivity contribution in [2.24, 2.45) is 11.8 Å². The van der Waals surface area contributed by atoms with E-state index in [0.717, 1.165) is 23.8 Å². The number of phenols is 1. The SMILES string of the molecule is CC(C)CCC1(CCC(C)C)Cc2c(cc(C(C)(C)C)c(O)c2C(C)(C)C)S1. The lowest BCUT2D eigenvalue weighted by Gasteiger charge is -2.31. The van der Waals surface area contributed by atoms with Crippen LogP contribution in [-0.4, -0.2) is 9.85 Å². The zero-order chi connectivity index (χ0) is 21.5. The van der Waals surface area contributed by atoms with Gasteiger partial charge in [0.05, 0.1) is 0 Å². The summed E-state index contributed by atoms with van der Waals surface area (Å²) in [5, 5.41) is 11.3. The summed E-state index contributed by atoms with van der Waals surface area (Å²) in [6.07, 6.45) is 6.21. The maximum atomic E-state index is 11.3. The van der Waals surface area contributed by atoms with Gasteiger partial charge in [-0.15, -0.1) is 11.8 Å². The molecule has 0 aliphatic carbocycles. The number of fused-ring (bicyclic) bond motifs is 1. The summed E-state index contributed by atoms with van der Waals surface area (Å²) in [5.41, 5.74) is 3.62. The smallest absolute Gasteiger partial charge is 0.123 e. The summed E-state index contributed by atoms with van der Waals surface area (Å²) < 4.78 is 0.291. The van der Waals surface area contributed by atoms with Gasteiger partial charge < -0.3 is 5.11 Å². The van der Waals surface area contributed by atoms with Crippen molar-refractivity contribution in [1.29, 1.82) is 0 Å². The van der Waals surface area contributed by atoms with E-state index in [1.807, 2.05) is 0 Å². The minimum Gasteiger partial charge on any atom is -0.507 e. The van der Waals surface area contributed by atoms with Crippen LogP contribution in [0, 0.1) is 11.8 Å². The fourth-order valence-electron chi connectivity index (χ4n) is 4.43. The maximum absolute atomic E-state index is 11.3. The summed E-state index contributed by atoms with van der Waals surface area (Å²) in [6, 6.07) is 2.32. The molecule has 1 aliphatic rings. The Balaban J connectivity index is 2.57. The van der Waals surface area contributed by atoms with Crippen molar-refractivity contribution in [3.63, 3.8) is 0 Å². The summed E-state index contributed by atoms with van der Waals surface area (Å²) in [4.78, 5) is 1.43. The van der Waals surface area contributed by atoms with Gasteiger partial charge in [0, 0.05) is 20.8 Å². The lowest BCUT2D eigenvalue weighted by Crippen LogP contribution is -2.26. The second-order valence-electron chi connectivity index (χ2n) is 12.0. The zero-order valence-electron chi connectivity index (χ0n) is 20.1. The average Bonchev–Trinajstić information content (AvgIpc) is 2.86. The summed E-state index contributed by atoms with van der Waals surface area (Å²) in [7, 11) is 0. The van der Waals surface area contributed by atoms with Crippen molar-refractivity contribution in [3.8, 4) is 5.75 Å². The van der Waals surface area contributed by atoms with Crippen LogP contribution >= 0.6 is 11.8 Å². The second-order valence-corrected chi connectivity index (χ2v) is 13.5. The molecule has 1 aliphatic heterocycles. The molecule has 0 atom stereocenters. The lowest BCUT2D eigenvalue weighted by molar-refractivity contribution is 0.398. The first-order chi connectivity index (χ1) is 12.7. The van der Waals surface area contributed by atoms with Crippen molar-refractivity contribution in [2.75, 3.05) is 0 Å². The second kappa shape index (κ2) is 8.25. The molecule has 0 unspecified atom stereocenters. The number of rotatable bonds is 6. The van der Waals surface area contributed by atoms with E-state index < -0.39 is 0 Å². The van der Waals surface area contributed by atoms with Gasteiger partial charge in [-0.05, 0) is 66.4 Å². The third-order valence-corrected chi connectivity index (χ3v) is 7.67. The van der Waals surface area contributed by atoms with Gasteiger partial charge in [-0.25, -0.2) is 0 Å². The molecule has 0 aromatic heterocycles. The van der Waals surface area contributed by atoms with Crippen LogP contribution in [0.3, 0.4) is 0 Å². The molecule has 28 heavy (non-hydrogen) atoms. The first kappa shape index (κ1) is 23.6. The van der Waals surface area contributed by atoms with Gasteiger partial charge in [0.2, 0.25) is 0 Å². The normalized spacial score (nSPS) is 16.9. The Morgan fingerprint density at radius 3 is 1.82 bits per heavy atom. The van der Waals surface area contributed by atoms with Gasteiger partial charge in [-0.2, -0.15) is 0 Å². The van der Waals surface area contributed by atoms with Crippen LogP contribution in [0.1, 0.15) is 112 Å². The summed E-state index contributed by atoms with van der Waals surface area (Å²) >= 11 is 2.13. The van der Waals surface area contributed by atoms with Gasteiger partial charge >= 0.3 is 0 Å². The Kier molecular flexibility index (Phi) is 6.96. The Morgan fingerprint density at radius 2 is 1.43 bits per heavy atom. The molecular formula is C26H44OS. The number of hydrogen-bond acceptors (Lipinski definition) is 2. The monoisotopic (exact) mass is 404 g/mol. The number of benzene rings is 1. The largest absolute Gasteiger partial charge is 0.507 e. The third-order valence-electron chi connectivity index (χ3n) is 6.10. The van der Waals surface area contributed by atoms with Crippen LogP contribution < -0.4 is 0 Å². The van der Waals surface area contributed by atoms with E-state index in [1.165, 1.54) is 41.7 Å². The average molecular weight is 405 g/mol. The maximum Gasteiger partial charge on any atom is 0.123 e. The van der Waals surface area contributed by atoms with Crippen molar-refractivity contribution >= 4 is 11.8 Å². The van der Waals surface area contributed by atoms with Gasteiger partial charge in [0.1, 0.15) is 5.75 Å². The van der Waals surface area contributed by atoms with Crippen molar-refractivity contribution in [3.05, 3.63) is 22.8 Å². The molecule has 0 fully saturated rings. The van der Waals surface area contributed by atoms with Crippen LogP contribution in [0.2, 0.25) is 0 Å². The number of aromatic hydroxyl groups is 1. The van der Waals surface area contributed by atoms with E-state index in [0.29, 0.717) is 10.5 Å². The highest BCUT2D eigenvalue weighted by molar-refractivity contribution is 8.01. The minimum atomic E-state index is -0.0548. The van der Waals surface area contributed by atoms with Gasteiger partial charge in [0.15, 0.2) is 0 Å². The first-order valence-electron chi connectivity index (χ1n) is 11.2. The lowest BCUT2D eigenvalue weighted by atomic mass is 9.75. The third kappa shape index (κ3) is 5.29. The van der Waals surface area contributed by atoms with Crippen molar-refractivity contribution in [1.82, 2.24) is 0 Å². The fourth-order valence-corrected chi connectivity index (χ4v) is 6.03. The quantitative estimate of drug-likeness (QED) is 0.515. The molecule has 1 N–H and O–H groups in total. The molecular weight excluding hydrogens is 360 g/mol. The predicted octanol–water partition coefficient (Wildman–Crippen LogP) is 8.25. The Bertz CT molecular complexity index is 674. The van der Waals surface area contributed by atoms with Crippen LogP contribution in [0.25, 0.3) is 0 Å². The molecule has 1 aromatic rings. The Morgan fingerprint density at radius 1 is 0.929 bits per heavy atom. The Labute approximate surface area is 179 Å². The molecule has 0 saturated heterocycles. The highest BCUT2D eigenvalue weighted by Gasteiger charge is 2.42. The van der Waals surface area contributed by atoms with Gasteiger partial charge in [0.25, 0.3) is 0 Å². The first-order valence-corrected chi connectivity index (χ1v) is 12.1. The summed E-state index contributed by atoms with van der Waals surface area (Å²) in [6.45, 7) is 22.8. The molecule has 0 saturated carbocycles. The molecule has 1 heterocycles. The van der Waals surface area contributed by atoms with E-state index in [-0.39, 0.29) is 10.8 Å². The highest BCUT2D eigenvalue weighted by atomic mass is 32.2. The summed E-state index contributed by atoms with van der Waals surface area (Å²) in [5.74, 6) is 2.02. The standard InChI is InChI=1S/C26H44OS/c1-17(2)11-13-26(14-12-18(3)4)16-19-21(28-26)15-20(24(5,6)7)23(27)22(19)25(8,9)10/h15,17-18,27H,11-14,16H2,1-10H3. The topological polar surface area (TPSA) is 20.2 Å². The molecule has 1 aromatic carbocycles. The van der Waals surface area contributed by atoms with E-state index >= 15 is 0 Å². The highest BCUT2D eigenvalue weighted by Crippen LogP contribution is 2.56. The Hall–Kier alpha value is -0.630.